The van der Waals surface area contributed by atoms with Gasteiger partial charge < -0.3 is 4.57 Å². The first-order valence-electron chi connectivity index (χ1n) is 4.27. The number of hydrogen-bond donors (Lipinski definition) is 0. The minimum absolute atomic E-state index is 0.687. The molecule has 0 saturated heterocycles. The van der Waals surface area contributed by atoms with Crippen molar-refractivity contribution >= 4 is 23.4 Å². The van der Waals surface area contributed by atoms with E-state index < -0.39 is 0 Å². The molecule has 0 atom stereocenters. The van der Waals surface area contributed by atoms with Crippen molar-refractivity contribution in [1.82, 2.24) is 4.57 Å². The molecule has 2 rings (SSSR count). The van der Waals surface area contributed by atoms with Crippen LogP contribution in [0.5, 0.6) is 0 Å². The molecule has 0 aliphatic rings. The van der Waals surface area contributed by atoms with Crippen LogP contribution in [0.3, 0.4) is 0 Å². The van der Waals surface area contributed by atoms with Crippen LogP contribution in [-0.2, 0) is 0 Å². The van der Waals surface area contributed by atoms with Gasteiger partial charge in [0.2, 0.25) is 0 Å². The second-order valence-electron chi connectivity index (χ2n) is 2.96. The summed E-state index contributed by atoms with van der Waals surface area (Å²) in [5, 5.41) is 0.953. The van der Waals surface area contributed by atoms with E-state index in [-0.39, 0.29) is 0 Å². The number of aldehydes is 1. The Morgan fingerprint density at radius 3 is 2.86 bits per heavy atom. The Balaban J connectivity index is 2.85. The summed E-state index contributed by atoms with van der Waals surface area (Å²) >= 11 is 0. The smallest absolute Gasteiger partial charge is 0.152 e. The molecule has 2 heteroatoms. The highest BCUT2D eigenvalue weighted by molar-refractivity contribution is 5.98. The summed E-state index contributed by atoms with van der Waals surface area (Å²) in [6.07, 6.45) is 4.33. The van der Waals surface area contributed by atoms with Gasteiger partial charge in [0.25, 0.3) is 0 Å². The number of nitrogens with zero attached hydrogens (tertiary/aromatic N) is 1. The van der Waals surface area contributed by atoms with E-state index in [1.165, 1.54) is 0 Å². The first kappa shape index (κ1) is 8.54. The summed E-state index contributed by atoms with van der Waals surface area (Å²) in [5.41, 5.74) is 4.36. The molecule has 0 aliphatic carbocycles. The zero-order valence-corrected chi connectivity index (χ0v) is 7.60. The lowest BCUT2D eigenvalue weighted by molar-refractivity contribution is 0.112. The van der Waals surface area contributed by atoms with E-state index in [0.717, 1.165) is 17.2 Å². The molecule has 0 saturated carbocycles. The van der Waals surface area contributed by atoms with Crippen LogP contribution in [0.2, 0.25) is 0 Å². The highest BCUT2D eigenvalue weighted by Gasteiger charge is 2.04. The highest BCUT2D eigenvalue weighted by Crippen LogP contribution is 2.19. The zero-order valence-electron chi connectivity index (χ0n) is 7.60. The molecule has 68 valence electrons. The Morgan fingerprint density at radius 1 is 1.36 bits per heavy atom. The Morgan fingerprint density at radius 2 is 2.14 bits per heavy atom. The standard InChI is InChI=1S/C12H9NO/c1-2-7-13-8-10(9-14)11-5-3-4-6-12(11)13/h3-9H,1H2. The van der Waals surface area contributed by atoms with Crippen LogP contribution >= 0.6 is 0 Å². The van der Waals surface area contributed by atoms with Gasteiger partial charge in [0.05, 0.1) is 11.7 Å². The van der Waals surface area contributed by atoms with Crippen molar-refractivity contribution in [2.24, 2.45) is 0 Å². The number of benzene rings is 1. The second-order valence-corrected chi connectivity index (χ2v) is 2.96. The molecule has 0 aliphatic heterocycles. The quantitative estimate of drug-likeness (QED) is 0.518. The van der Waals surface area contributed by atoms with Gasteiger partial charge in [-0.25, -0.2) is 0 Å². The lowest BCUT2D eigenvalue weighted by Gasteiger charge is -1.93. The van der Waals surface area contributed by atoms with Crippen molar-refractivity contribution in [1.29, 1.82) is 0 Å². The van der Waals surface area contributed by atoms with Crippen molar-refractivity contribution in [3.8, 4) is 0 Å². The number of para-hydroxylation sites is 1. The van der Waals surface area contributed by atoms with Crippen LogP contribution in [0.1, 0.15) is 10.4 Å². The van der Waals surface area contributed by atoms with Crippen LogP contribution < -0.4 is 0 Å². The number of carbonyl (C=O) groups is 1. The van der Waals surface area contributed by atoms with E-state index >= 15 is 0 Å². The molecule has 1 aromatic heterocycles. The largest absolute Gasteiger partial charge is 0.315 e. The van der Waals surface area contributed by atoms with Crippen molar-refractivity contribution < 1.29 is 4.79 Å². The molecule has 2 aromatic rings. The van der Waals surface area contributed by atoms with Gasteiger partial charge in [0, 0.05) is 17.1 Å². The van der Waals surface area contributed by atoms with Gasteiger partial charge in [0.15, 0.2) is 6.29 Å². The first-order chi connectivity index (χ1) is 6.86. The van der Waals surface area contributed by atoms with Gasteiger partial charge >= 0.3 is 0 Å². The minimum Gasteiger partial charge on any atom is -0.315 e. The summed E-state index contributed by atoms with van der Waals surface area (Å²) in [6.45, 7) is 3.51. The maximum atomic E-state index is 10.8. The predicted molar refractivity (Wildman–Crippen MR) is 57.2 cm³/mol. The van der Waals surface area contributed by atoms with Crippen molar-refractivity contribution in [3.63, 3.8) is 0 Å². The van der Waals surface area contributed by atoms with Crippen molar-refractivity contribution in [2.75, 3.05) is 0 Å². The topological polar surface area (TPSA) is 22.0 Å². The fraction of sp³-hybridized carbons (Fsp3) is 0. The number of aromatic nitrogens is 1. The Hall–Kier alpha value is -2.05. The molecule has 1 heterocycles. The Labute approximate surface area is 81.8 Å². The van der Waals surface area contributed by atoms with Crippen LogP contribution in [0.4, 0.5) is 0 Å². The highest BCUT2D eigenvalue weighted by atomic mass is 16.1. The van der Waals surface area contributed by atoms with Crippen LogP contribution in [0.15, 0.2) is 42.8 Å². The summed E-state index contributed by atoms with van der Waals surface area (Å²) in [5.74, 6) is 0. The number of carbonyl (C=O) groups excluding carboxylic acids is 1. The van der Waals surface area contributed by atoms with Gasteiger partial charge in [-0.1, -0.05) is 24.8 Å². The third-order valence-electron chi connectivity index (χ3n) is 2.13. The zero-order chi connectivity index (χ0) is 9.97. The third-order valence-corrected chi connectivity index (χ3v) is 2.13. The summed E-state index contributed by atoms with van der Waals surface area (Å²) in [6, 6.07) is 7.73. The average Bonchev–Trinajstić information content (AvgIpc) is 2.58. The van der Waals surface area contributed by atoms with E-state index in [9.17, 15) is 4.79 Å². The van der Waals surface area contributed by atoms with E-state index in [1.54, 1.807) is 12.4 Å². The van der Waals surface area contributed by atoms with Crippen molar-refractivity contribution in [3.05, 3.63) is 48.3 Å². The molecule has 1 aromatic carbocycles. The maximum absolute atomic E-state index is 10.8. The molecule has 0 amide bonds. The summed E-state index contributed by atoms with van der Waals surface area (Å²) in [4.78, 5) is 10.8. The van der Waals surface area contributed by atoms with Crippen LogP contribution in [0, 0.1) is 0 Å². The van der Waals surface area contributed by atoms with Gasteiger partial charge in [0.1, 0.15) is 0 Å². The van der Waals surface area contributed by atoms with Gasteiger partial charge in [-0.3, -0.25) is 4.79 Å². The third kappa shape index (κ3) is 1.18. The van der Waals surface area contributed by atoms with Gasteiger partial charge in [-0.15, -0.1) is 5.73 Å². The predicted octanol–water partition coefficient (Wildman–Crippen LogP) is 2.71. The SMILES string of the molecule is C=C=Cn1cc(C=O)c2ccccc21. The fourth-order valence-corrected chi connectivity index (χ4v) is 1.53. The fourth-order valence-electron chi connectivity index (χ4n) is 1.53. The molecule has 0 bridgehead atoms. The molecule has 0 radical (unpaired) electrons. The Bertz CT molecular complexity index is 530. The average molecular weight is 183 g/mol. The van der Waals surface area contributed by atoms with E-state index in [0.29, 0.717) is 5.56 Å². The van der Waals surface area contributed by atoms with Crippen LogP contribution in [0.25, 0.3) is 17.1 Å². The summed E-state index contributed by atoms with van der Waals surface area (Å²) < 4.78 is 1.84. The number of rotatable bonds is 2. The second kappa shape index (κ2) is 3.36. The normalized spacial score (nSPS) is 9.71. The molecule has 0 N–H and O–H groups in total. The lowest BCUT2D eigenvalue weighted by Crippen LogP contribution is -1.80. The molecular weight excluding hydrogens is 174 g/mol. The molecule has 14 heavy (non-hydrogen) atoms. The van der Waals surface area contributed by atoms with E-state index in [2.05, 4.69) is 12.3 Å². The summed E-state index contributed by atoms with van der Waals surface area (Å²) in [7, 11) is 0. The van der Waals surface area contributed by atoms with E-state index in [1.807, 2.05) is 28.8 Å². The number of fused-ring (bicyclic) bond motifs is 1. The molecule has 0 unspecified atom stereocenters. The number of hydrogen-bond acceptors (Lipinski definition) is 1. The van der Waals surface area contributed by atoms with Gasteiger partial charge in [-0.05, 0) is 6.07 Å². The molecule has 0 spiro atoms. The monoisotopic (exact) mass is 183 g/mol. The van der Waals surface area contributed by atoms with Crippen LogP contribution in [-0.4, -0.2) is 10.9 Å². The van der Waals surface area contributed by atoms with E-state index in [4.69, 9.17) is 0 Å². The van der Waals surface area contributed by atoms with Crippen molar-refractivity contribution in [2.45, 2.75) is 0 Å². The van der Waals surface area contributed by atoms with Gasteiger partial charge in [-0.2, -0.15) is 0 Å². The maximum Gasteiger partial charge on any atom is 0.152 e. The molecule has 2 nitrogen and oxygen atoms in total. The Kier molecular flexibility index (Phi) is 2.05. The first-order valence-corrected chi connectivity index (χ1v) is 4.27. The minimum atomic E-state index is 0.687. The molecular formula is C12H9NO. The molecule has 0 fully saturated rings. The lowest BCUT2D eigenvalue weighted by atomic mass is 10.2.